The minimum atomic E-state index is 0.892. The molecule has 1 aromatic carbocycles. The Bertz CT molecular complexity index is 231. The van der Waals surface area contributed by atoms with Crippen LogP contribution in [0.3, 0.4) is 0 Å². The van der Waals surface area contributed by atoms with E-state index in [2.05, 4.69) is 50.9 Å². The molecule has 0 aromatic heterocycles. The van der Waals surface area contributed by atoms with Crippen LogP contribution >= 0.6 is 31.9 Å². The predicted molar refractivity (Wildman–Crippen MR) is 51.2 cm³/mol. The number of rotatable bonds is 1. The third kappa shape index (κ3) is 1.83. The molecule has 1 aromatic rings. The van der Waals surface area contributed by atoms with Crippen molar-refractivity contribution in [3.05, 3.63) is 40.7 Å². The molecule has 0 N–H and O–H groups in total. The lowest BCUT2D eigenvalue weighted by atomic mass is 10.2. The normalized spacial score (nSPS) is 9.90. The summed E-state index contributed by atoms with van der Waals surface area (Å²) in [4.78, 5) is 0. The molecule has 0 atom stereocenters. The van der Waals surface area contributed by atoms with Gasteiger partial charge in [0.2, 0.25) is 0 Å². The molecule has 0 bridgehead atoms. The SMILES string of the molecule is [CH2]c1cc(CBr)ccc1Br. The van der Waals surface area contributed by atoms with Crippen LogP contribution in [-0.2, 0) is 5.33 Å². The highest BCUT2D eigenvalue weighted by molar-refractivity contribution is 9.10. The Morgan fingerprint density at radius 3 is 2.60 bits per heavy atom. The molecule has 0 heterocycles. The molecule has 0 amide bonds. The first-order valence-electron chi connectivity index (χ1n) is 2.90. The maximum absolute atomic E-state index is 3.86. The number of halogens is 2. The summed E-state index contributed by atoms with van der Waals surface area (Å²) in [5, 5.41) is 0.892. The molecule has 10 heavy (non-hydrogen) atoms. The Kier molecular flexibility index (Phi) is 2.93. The fourth-order valence-electron chi connectivity index (χ4n) is 0.711. The van der Waals surface area contributed by atoms with Gasteiger partial charge in [-0.25, -0.2) is 0 Å². The molecule has 0 aliphatic heterocycles. The summed E-state index contributed by atoms with van der Waals surface area (Å²) in [6, 6.07) is 6.13. The van der Waals surface area contributed by atoms with Crippen molar-refractivity contribution in [3.63, 3.8) is 0 Å². The Labute approximate surface area is 77.9 Å². The van der Waals surface area contributed by atoms with Gasteiger partial charge in [-0.2, -0.15) is 0 Å². The molecule has 2 heteroatoms. The van der Waals surface area contributed by atoms with E-state index >= 15 is 0 Å². The number of hydrogen-bond donors (Lipinski definition) is 0. The van der Waals surface area contributed by atoms with Gasteiger partial charge in [-0.1, -0.05) is 44.0 Å². The van der Waals surface area contributed by atoms with E-state index in [-0.39, 0.29) is 0 Å². The molecular weight excluding hydrogens is 256 g/mol. The van der Waals surface area contributed by atoms with Gasteiger partial charge >= 0.3 is 0 Å². The van der Waals surface area contributed by atoms with Gasteiger partial charge in [-0.3, -0.25) is 0 Å². The lowest BCUT2D eigenvalue weighted by Gasteiger charge is -1.99. The van der Waals surface area contributed by atoms with Crippen LogP contribution in [0.2, 0.25) is 0 Å². The van der Waals surface area contributed by atoms with Crippen LogP contribution in [0.4, 0.5) is 0 Å². The first kappa shape index (κ1) is 8.28. The monoisotopic (exact) mass is 261 g/mol. The van der Waals surface area contributed by atoms with Crippen molar-refractivity contribution in [3.8, 4) is 0 Å². The third-order valence-corrected chi connectivity index (χ3v) is 2.69. The highest BCUT2D eigenvalue weighted by atomic mass is 79.9. The molecule has 0 fully saturated rings. The topological polar surface area (TPSA) is 0 Å². The van der Waals surface area contributed by atoms with Crippen LogP contribution in [0, 0.1) is 6.92 Å². The Morgan fingerprint density at radius 1 is 1.40 bits per heavy atom. The highest BCUT2D eigenvalue weighted by Crippen LogP contribution is 2.18. The summed E-state index contributed by atoms with van der Waals surface area (Å²) < 4.78 is 1.07. The van der Waals surface area contributed by atoms with Crippen LogP contribution in [0.5, 0.6) is 0 Å². The summed E-state index contributed by atoms with van der Waals surface area (Å²) in [7, 11) is 0. The van der Waals surface area contributed by atoms with Gasteiger partial charge in [0.15, 0.2) is 0 Å². The van der Waals surface area contributed by atoms with E-state index in [9.17, 15) is 0 Å². The third-order valence-electron chi connectivity index (χ3n) is 1.26. The first-order valence-corrected chi connectivity index (χ1v) is 4.82. The second-order valence-electron chi connectivity index (χ2n) is 2.06. The Balaban J connectivity index is 3.04. The van der Waals surface area contributed by atoms with Crippen molar-refractivity contribution in [2.45, 2.75) is 5.33 Å². The van der Waals surface area contributed by atoms with Crippen LogP contribution in [0.15, 0.2) is 22.7 Å². The average Bonchev–Trinajstić information content (AvgIpc) is 1.95. The Hall–Kier alpha value is 0.180. The zero-order valence-electron chi connectivity index (χ0n) is 5.40. The van der Waals surface area contributed by atoms with Gasteiger partial charge < -0.3 is 0 Å². The molecule has 0 saturated heterocycles. The summed E-state index contributed by atoms with van der Waals surface area (Å²) in [6.07, 6.45) is 0. The largest absolute Gasteiger partial charge is 0.0876 e. The number of benzene rings is 1. The summed E-state index contributed by atoms with van der Waals surface area (Å²) >= 11 is 6.75. The average molecular weight is 263 g/mol. The molecule has 0 unspecified atom stereocenters. The van der Waals surface area contributed by atoms with E-state index < -0.39 is 0 Å². The van der Waals surface area contributed by atoms with E-state index in [1.165, 1.54) is 5.56 Å². The molecule has 1 rings (SSSR count). The van der Waals surface area contributed by atoms with Crippen LogP contribution < -0.4 is 0 Å². The second-order valence-corrected chi connectivity index (χ2v) is 3.47. The molecular formula is C8H7Br2. The molecule has 0 aliphatic carbocycles. The van der Waals surface area contributed by atoms with Crippen molar-refractivity contribution >= 4 is 31.9 Å². The van der Waals surface area contributed by atoms with Crippen LogP contribution in [-0.4, -0.2) is 0 Å². The van der Waals surface area contributed by atoms with Gasteiger partial charge in [0.05, 0.1) is 0 Å². The predicted octanol–water partition coefficient (Wildman–Crippen LogP) is 3.53. The van der Waals surface area contributed by atoms with Crippen molar-refractivity contribution < 1.29 is 0 Å². The summed E-state index contributed by atoms with van der Waals surface area (Å²) in [5.74, 6) is 0. The van der Waals surface area contributed by atoms with Gasteiger partial charge in [-0.15, -0.1) is 0 Å². The fraction of sp³-hybridized carbons (Fsp3) is 0.125. The van der Waals surface area contributed by atoms with Gasteiger partial charge in [0.25, 0.3) is 0 Å². The van der Waals surface area contributed by atoms with E-state index in [4.69, 9.17) is 0 Å². The maximum atomic E-state index is 3.86. The standard InChI is InChI=1S/C8H7Br2/c1-6-4-7(5-9)2-3-8(6)10/h2-4H,1,5H2. The van der Waals surface area contributed by atoms with E-state index in [1.54, 1.807) is 0 Å². The maximum Gasteiger partial charge on any atom is 0.0283 e. The van der Waals surface area contributed by atoms with Crippen molar-refractivity contribution in [1.29, 1.82) is 0 Å². The van der Waals surface area contributed by atoms with E-state index in [0.29, 0.717) is 0 Å². The van der Waals surface area contributed by atoms with Gasteiger partial charge in [-0.05, 0) is 24.1 Å². The van der Waals surface area contributed by atoms with E-state index in [0.717, 1.165) is 15.4 Å². The van der Waals surface area contributed by atoms with Crippen molar-refractivity contribution in [2.24, 2.45) is 0 Å². The molecule has 0 aliphatic rings. The first-order chi connectivity index (χ1) is 4.74. The zero-order chi connectivity index (χ0) is 7.56. The smallest absolute Gasteiger partial charge is 0.0283 e. The fourth-order valence-corrected chi connectivity index (χ4v) is 1.31. The number of alkyl halides is 1. The summed E-state index contributed by atoms with van der Waals surface area (Å²) in [6.45, 7) is 3.86. The van der Waals surface area contributed by atoms with Gasteiger partial charge in [0, 0.05) is 9.80 Å². The second kappa shape index (κ2) is 3.54. The minimum absolute atomic E-state index is 0.892. The van der Waals surface area contributed by atoms with Crippen molar-refractivity contribution in [2.75, 3.05) is 0 Å². The summed E-state index contributed by atoms with van der Waals surface area (Å²) in [5.41, 5.74) is 2.30. The van der Waals surface area contributed by atoms with E-state index in [1.807, 2.05) is 6.07 Å². The van der Waals surface area contributed by atoms with Crippen LogP contribution in [0.1, 0.15) is 11.1 Å². The van der Waals surface area contributed by atoms with Gasteiger partial charge in [0.1, 0.15) is 0 Å². The number of hydrogen-bond acceptors (Lipinski definition) is 0. The van der Waals surface area contributed by atoms with Crippen molar-refractivity contribution in [1.82, 2.24) is 0 Å². The lowest BCUT2D eigenvalue weighted by Crippen LogP contribution is -1.79. The molecule has 0 nitrogen and oxygen atoms in total. The highest BCUT2D eigenvalue weighted by Gasteiger charge is 1.94. The quantitative estimate of drug-likeness (QED) is 0.680. The molecule has 1 radical (unpaired) electrons. The molecule has 0 saturated carbocycles. The minimum Gasteiger partial charge on any atom is -0.0876 e. The molecule has 53 valence electrons. The zero-order valence-corrected chi connectivity index (χ0v) is 8.57. The van der Waals surface area contributed by atoms with Crippen LogP contribution in [0.25, 0.3) is 0 Å². The lowest BCUT2D eigenvalue weighted by molar-refractivity contribution is 1.40. The molecule has 0 spiro atoms. The Morgan fingerprint density at radius 2 is 2.10 bits per heavy atom.